The van der Waals surface area contributed by atoms with Crippen molar-refractivity contribution >= 4 is 17.5 Å². The molecule has 0 unspecified atom stereocenters. The lowest BCUT2D eigenvalue weighted by atomic mass is 10.2. The molecule has 0 aliphatic heterocycles. The lowest BCUT2D eigenvalue weighted by Gasteiger charge is -2.02. The summed E-state index contributed by atoms with van der Waals surface area (Å²) in [5.41, 5.74) is 4.42. The van der Waals surface area contributed by atoms with Gasteiger partial charge in [-0.15, -0.1) is 0 Å². The van der Waals surface area contributed by atoms with Crippen molar-refractivity contribution in [3.05, 3.63) is 41.3 Å². The molecule has 0 spiro atoms. The number of aromatic nitrogens is 2. The van der Waals surface area contributed by atoms with Crippen molar-refractivity contribution < 1.29 is 4.79 Å². The van der Waals surface area contributed by atoms with E-state index in [1.165, 1.54) is 6.92 Å². The van der Waals surface area contributed by atoms with E-state index in [0.29, 0.717) is 5.02 Å². The number of carbonyl (C=O) groups excluding carboxylic acids is 1. The Morgan fingerprint density at radius 1 is 1.35 bits per heavy atom. The quantitative estimate of drug-likeness (QED) is 0.889. The minimum Gasteiger partial charge on any atom is -0.274 e. The van der Waals surface area contributed by atoms with E-state index >= 15 is 0 Å². The third kappa shape index (κ3) is 2.65. The van der Waals surface area contributed by atoms with E-state index in [2.05, 4.69) is 10.4 Å². The van der Waals surface area contributed by atoms with Crippen molar-refractivity contribution in [2.75, 3.05) is 5.43 Å². The third-order valence-electron chi connectivity index (χ3n) is 2.30. The van der Waals surface area contributed by atoms with Gasteiger partial charge >= 0.3 is 0 Å². The highest BCUT2D eigenvalue weighted by Gasteiger charge is 2.06. The average molecular weight is 250 g/mol. The molecule has 1 amide bonds. The van der Waals surface area contributed by atoms with Crippen LogP contribution in [0.15, 0.2) is 30.5 Å². The van der Waals surface area contributed by atoms with Gasteiger partial charge in [-0.05, 0) is 19.1 Å². The van der Waals surface area contributed by atoms with E-state index in [4.69, 9.17) is 11.6 Å². The number of nitrogens with one attached hydrogen (secondary N) is 1. The topological polar surface area (TPSA) is 46.9 Å². The first-order valence-corrected chi connectivity index (χ1v) is 5.53. The molecule has 0 saturated heterocycles. The molecule has 17 heavy (non-hydrogen) atoms. The van der Waals surface area contributed by atoms with Crippen LogP contribution in [0.1, 0.15) is 12.7 Å². The normalized spacial score (nSPS) is 10.3. The predicted octanol–water partition coefficient (Wildman–Crippen LogP) is 2.60. The zero-order chi connectivity index (χ0) is 12.4. The van der Waals surface area contributed by atoms with E-state index in [-0.39, 0.29) is 5.91 Å². The number of amides is 1. The molecule has 5 heteroatoms. The van der Waals surface area contributed by atoms with Crippen molar-refractivity contribution in [2.45, 2.75) is 13.8 Å². The first-order chi connectivity index (χ1) is 8.06. The highest BCUT2D eigenvalue weighted by molar-refractivity contribution is 6.30. The van der Waals surface area contributed by atoms with Gasteiger partial charge < -0.3 is 0 Å². The lowest BCUT2D eigenvalue weighted by Crippen LogP contribution is -2.19. The standard InChI is InChI=1S/C12H12ClN3O/c1-8-14-12(7-16(8)15-9(2)17)10-3-5-11(13)6-4-10/h3-7H,1-2H3,(H,15,17). The van der Waals surface area contributed by atoms with Crippen molar-refractivity contribution in [1.29, 1.82) is 0 Å². The van der Waals surface area contributed by atoms with Crippen LogP contribution in [0, 0.1) is 6.92 Å². The molecule has 0 aliphatic rings. The van der Waals surface area contributed by atoms with Gasteiger partial charge in [-0.3, -0.25) is 10.2 Å². The highest BCUT2D eigenvalue weighted by atomic mass is 35.5. The molecular weight excluding hydrogens is 238 g/mol. The Morgan fingerprint density at radius 3 is 2.59 bits per heavy atom. The van der Waals surface area contributed by atoms with Gasteiger partial charge in [-0.25, -0.2) is 9.66 Å². The first-order valence-electron chi connectivity index (χ1n) is 5.16. The molecule has 4 nitrogen and oxygen atoms in total. The summed E-state index contributed by atoms with van der Waals surface area (Å²) in [6, 6.07) is 7.40. The smallest absolute Gasteiger partial charge is 0.235 e. The van der Waals surface area contributed by atoms with Gasteiger partial charge in [0, 0.05) is 17.5 Å². The molecule has 2 aromatic rings. The number of benzene rings is 1. The second-order valence-corrected chi connectivity index (χ2v) is 4.15. The number of halogens is 1. The van der Waals surface area contributed by atoms with Crippen LogP contribution in [0.2, 0.25) is 5.02 Å². The molecule has 1 N–H and O–H groups in total. The number of carbonyl (C=O) groups is 1. The van der Waals surface area contributed by atoms with E-state index < -0.39 is 0 Å². The summed E-state index contributed by atoms with van der Waals surface area (Å²) in [5.74, 6) is 0.596. The fraction of sp³-hybridized carbons (Fsp3) is 0.167. The lowest BCUT2D eigenvalue weighted by molar-refractivity contribution is -0.115. The van der Waals surface area contributed by atoms with Crippen molar-refractivity contribution in [2.24, 2.45) is 0 Å². The Kier molecular flexibility index (Phi) is 3.15. The maximum atomic E-state index is 11.0. The number of hydrogen-bond donors (Lipinski definition) is 1. The fourth-order valence-corrected chi connectivity index (χ4v) is 1.64. The summed E-state index contributed by atoms with van der Waals surface area (Å²) in [4.78, 5) is 15.3. The van der Waals surface area contributed by atoms with Crippen molar-refractivity contribution in [1.82, 2.24) is 9.66 Å². The van der Waals surface area contributed by atoms with Crippen LogP contribution >= 0.6 is 11.6 Å². The van der Waals surface area contributed by atoms with Crippen LogP contribution in [0.4, 0.5) is 0 Å². The van der Waals surface area contributed by atoms with E-state index in [0.717, 1.165) is 17.1 Å². The average Bonchev–Trinajstić information content (AvgIpc) is 2.60. The molecule has 1 aromatic heterocycles. The van der Waals surface area contributed by atoms with Crippen LogP contribution in [0.25, 0.3) is 11.3 Å². The molecule has 0 atom stereocenters. The van der Waals surface area contributed by atoms with Crippen LogP contribution in [-0.2, 0) is 4.79 Å². The molecule has 0 aliphatic carbocycles. The maximum Gasteiger partial charge on any atom is 0.235 e. The molecular formula is C12H12ClN3O. The second kappa shape index (κ2) is 4.59. The number of imidazole rings is 1. The largest absolute Gasteiger partial charge is 0.274 e. The monoisotopic (exact) mass is 249 g/mol. The Balaban J connectivity index is 2.34. The molecule has 0 radical (unpaired) electrons. The van der Waals surface area contributed by atoms with Crippen LogP contribution < -0.4 is 5.43 Å². The minimum absolute atomic E-state index is 0.131. The van der Waals surface area contributed by atoms with Gasteiger partial charge in [-0.1, -0.05) is 23.7 Å². The molecule has 0 fully saturated rings. The predicted molar refractivity (Wildman–Crippen MR) is 67.5 cm³/mol. The Labute approximate surface area is 104 Å². The van der Waals surface area contributed by atoms with Crippen molar-refractivity contribution in [3.8, 4) is 11.3 Å². The summed E-state index contributed by atoms with van der Waals surface area (Å²) in [6.07, 6.45) is 1.78. The first kappa shape index (κ1) is 11.7. The second-order valence-electron chi connectivity index (χ2n) is 3.72. The Bertz CT molecular complexity index is 545. The van der Waals surface area contributed by atoms with E-state index in [9.17, 15) is 4.79 Å². The molecule has 1 heterocycles. The van der Waals surface area contributed by atoms with Gasteiger partial charge in [0.2, 0.25) is 5.91 Å². The maximum absolute atomic E-state index is 11.0. The van der Waals surface area contributed by atoms with Gasteiger partial charge in [0.05, 0.1) is 11.9 Å². The number of hydrogen-bond acceptors (Lipinski definition) is 2. The number of nitrogens with zero attached hydrogens (tertiary/aromatic N) is 2. The zero-order valence-corrected chi connectivity index (χ0v) is 10.3. The Morgan fingerprint density at radius 2 is 2.00 bits per heavy atom. The van der Waals surface area contributed by atoms with E-state index in [1.54, 1.807) is 10.9 Å². The fourth-order valence-electron chi connectivity index (χ4n) is 1.52. The molecule has 1 aromatic carbocycles. The summed E-state index contributed by atoms with van der Waals surface area (Å²) >= 11 is 5.82. The van der Waals surface area contributed by atoms with Gasteiger partial charge in [-0.2, -0.15) is 0 Å². The van der Waals surface area contributed by atoms with Gasteiger partial charge in [0.1, 0.15) is 5.82 Å². The van der Waals surface area contributed by atoms with Crippen molar-refractivity contribution in [3.63, 3.8) is 0 Å². The number of rotatable bonds is 2. The Hall–Kier alpha value is -1.81. The van der Waals surface area contributed by atoms with Crippen LogP contribution in [0.5, 0.6) is 0 Å². The minimum atomic E-state index is -0.131. The van der Waals surface area contributed by atoms with E-state index in [1.807, 2.05) is 31.2 Å². The van der Waals surface area contributed by atoms with Crippen LogP contribution in [0.3, 0.4) is 0 Å². The third-order valence-corrected chi connectivity index (χ3v) is 2.55. The summed E-state index contributed by atoms with van der Waals surface area (Å²) in [6.45, 7) is 3.29. The molecule has 88 valence electrons. The molecule has 0 saturated carbocycles. The van der Waals surface area contributed by atoms with Gasteiger partial charge in [0.15, 0.2) is 0 Å². The van der Waals surface area contributed by atoms with Crippen LogP contribution in [-0.4, -0.2) is 15.6 Å². The summed E-state index contributed by atoms with van der Waals surface area (Å²) in [5, 5.41) is 0.687. The van der Waals surface area contributed by atoms with Gasteiger partial charge in [0.25, 0.3) is 0 Å². The molecule has 2 rings (SSSR count). The highest BCUT2D eigenvalue weighted by Crippen LogP contribution is 2.20. The SMILES string of the molecule is CC(=O)Nn1cc(-c2ccc(Cl)cc2)nc1C. The summed E-state index contributed by atoms with van der Waals surface area (Å²) < 4.78 is 1.60. The molecule has 0 bridgehead atoms. The zero-order valence-electron chi connectivity index (χ0n) is 9.57. The number of aryl methyl sites for hydroxylation is 1. The summed E-state index contributed by atoms with van der Waals surface area (Å²) in [7, 11) is 0.